The molecule has 0 unspecified atom stereocenters. The van der Waals surface area contributed by atoms with Crippen molar-refractivity contribution in [2.24, 2.45) is 0 Å². The summed E-state index contributed by atoms with van der Waals surface area (Å²) in [4.78, 5) is 40.3. The molecule has 1 fully saturated rings. The predicted octanol–water partition coefficient (Wildman–Crippen LogP) is 7.01. The number of imide groups is 2. The van der Waals surface area contributed by atoms with Gasteiger partial charge in [0.25, 0.3) is 11.8 Å². The Balaban J connectivity index is 1.60. The number of amides is 4. The molecule has 1 aliphatic heterocycles. The highest BCUT2D eigenvalue weighted by atomic mass is 35.5. The topological polar surface area (TPSA) is 75.7 Å². The van der Waals surface area contributed by atoms with E-state index in [1.54, 1.807) is 36.4 Å². The Morgan fingerprint density at radius 2 is 1.71 bits per heavy atom. The molecule has 4 aromatic carbocycles. The SMILES string of the molecule is Cc1cccc(N2C(=O)NC(=O)/C(=C\c3c(OCc4ccc(Cl)cc4Cl)ccc4ccccc34)C2=O)c1C. The monoisotopic (exact) mass is 544 g/mol. The third-order valence-electron chi connectivity index (χ3n) is 6.54. The molecular formula is C30H22Cl2N2O4. The van der Waals surface area contributed by atoms with Crippen LogP contribution in [0.4, 0.5) is 10.5 Å². The van der Waals surface area contributed by atoms with Gasteiger partial charge in [-0.1, -0.05) is 71.7 Å². The zero-order chi connectivity index (χ0) is 27.0. The molecule has 1 N–H and O–H groups in total. The van der Waals surface area contributed by atoms with E-state index in [4.69, 9.17) is 27.9 Å². The molecule has 0 aliphatic carbocycles. The number of ether oxygens (including phenoxy) is 1. The van der Waals surface area contributed by atoms with Crippen molar-refractivity contribution in [1.82, 2.24) is 5.32 Å². The van der Waals surface area contributed by atoms with Crippen LogP contribution in [-0.4, -0.2) is 17.8 Å². The molecule has 0 spiro atoms. The second-order valence-electron chi connectivity index (χ2n) is 8.90. The fraction of sp³-hybridized carbons (Fsp3) is 0.100. The minimum absolute atomic E-state index is 0.137. The summed E-state index contributed by atoms with van der Waals surface area (Å²) in [5, 5.41) is 4.94. The Bertz CT molecular complexity index is 1660. The number of anilines is 1. The van der Waals surface area contributed by atoms with Gasteiger partial charge in [0.1, 0.15) is 17.9 Å². The first-order valence-corrected chi connectivity index (χ1v) is 12.6. The number of benzene rings is 4. The van der Waals surface area contributed by atoms with Crippen LogP contribution in [0.15, 0.2) is 78.4 Å². The number of carbonyl (C=O) groups excluding carboxylic acids is 3. The fourth-order valence-corrected chi connectivity index (χ4v) is 4.81. The van der Waals surface area contributed by atoms with E-state index in [2.05, 4.69) is 5.32 Å². The lowest BCUT2D eigenvalue weighted by molar-refractivity contribution is -0.122. The fourth-order valence-electron chi connectivity index (χ4n) is 4.34. The molecule has 0 atom stereocenters. The maximum atomic E-state index is 13.6. The Kier molecular flexibility index (Phi) is 6.93. The Morgan fingerprint density at radius 3 is 2.50 bits per heavy atom. The highest BCUT2D eigenvalue weighted by Gasteiger charge is 2.37. The molecular weight excluding hydrogens is 523 g/mol. The number of hydrogen-bond donors (Lipinski definition) is 1. The second kappa shape index (κ2) is 10.3. The van der Waals surface area contributed by atoms with Gasteiger partial charge in [-0.15, -0.1) is 0 Å². The van der Waals surface area contributed by atoms with Gasteiger partial charge in [0.15, 0.2) is 0 Å². The summed E-state index contributed by atoms with van der Waals surface area (Å²) in [5.41, 5.74) is 3.16. The average Bonchev–Trinajstić information content (AvgIpc) is 2.88. The van der Waals surface area contributed by atoms with E-state index in [1.807, 2.05) is 50.2 Å². The molecule has 8 heteroatoms. The third-order valence-corrected chi connectivity index (χ3v) is 7.12. The molecule has 4 aromatic rings. The smallest absolute Gasteiger partial charge is 0.335 e. The maximum Gasteiger partial charge on any atom is 0.335 e. The first kappa shape index (κ1) is 25.5. The normalized spacial score (nSPS) is 14.8. The lowest BCUT2D eigenvalue weighted by Gasteiger charge is -2.28. The number of aryl methyl sites for hydroxylation is 1. The number of urea groups is 1. The summed E-state index contributed by atoms with van der Waals surface area (Å²) in [5.74, 6) is -1.05. The molecule has 4 amide bonds. The Labute approximate surface area is 229 Å². The molecule has 1 heterocycles. The standard InChI is InChI=1S/C30H22Cl2N2O4/c1-17-6-5-9-26(18(17)2)34-29(36)24(28(35)33-30(34)37)15-23-22-8-4-3-7-19(22)11-13-27(23)38-16-20-10-12-21(31)14-25(20)32/h3-15H,16H2,1-2H3,(H,33,35,37)/b24-15+. The number of carbonyl (C=O) groups is 3. The van der Waals surface area contributed by atoms with Crippen LogP contribution < -0.4 is 15.0 Å². The van der Waals surface area contributed by atoms with Crippen molar-refractivity contribution in [2.45, 2.75) is 20.5 Å². The van der Waals surface area contributed by atoms with Gasteiger partial charge in [-0.3, -0.25) is 14.9 Å². The number of hydrogen-bond acceptors (Lipinski definition) is 4. The van der Waals surface area contributed by atoms with Crippen molar-refractivity contribution in [3.63, 3.8) is 0 Å². The zero-order valence-corrected chi connectivity index (χ0v) is 22.1. The molecule has 190 valence electrons. The van der Waals surface area contributed by atoms with Crippen LogP contribution in [0.3, 0.4) is 0 Å². The highest BCUT2D eigenvalue weighted by Crippen LogP contribution is 2.33. The maximum absolute atomic E-state index is 13.6. The lowest BCUT2D eigenvalue weighted by atomic mass is 9.99. The van der Waals surface area contributed by atoms with E-state index in [0.717, 1.165) is 32.4 Å². The second-order valence-corrected chi connectivity index (χ2v) is 9.74. The van der Waals surface area contributed by atoms with Crippen LogP contribution in [0.2, 0.25) is 10.0 Å². The van der Waals surface area contributed by atoms with E-state index in [0.29, 0.717) is 27.0 Å². The van der Waals surface area contributed by atoms with Gasteiger partial charge in [-0.05, 0) is 66.1 Å². The average molecular weight is 545 g/mol. The van der Waals surface area contributed by atoms with Gasteiger partial charge in [0, 0.05) is 21.2 Å². The van der Waals surface area contributed by atoms with Crippen molar-refractivity contribution in [3.8, 4) is 5.75 Å². The van der Waals surface area contributed by atoms with Gasteiger partial charge < -0.3 is 4.74 Å². The van der Waals surface area contributed by atoms with E-state index in [9.17, 15) is 14.4 Å². The number of fused-ring (bicyclic) bond motifs is 1. The van der Waals surface area contributed by atoms with Gasteiger partial charge >= 0.3 is 6.03 Å². The number of rotatable bonds is 5. The molecule has 0 aromatic heterocycles. The molecule has 0 saturated carbocycles. The third kappa shape index (κ3) is 4.76. The molecule has 1 aliphatic rings. The molecule has 38 heavy (non-hydrogen) atoms. The first-order valence-electron chi connectivity index (χ1n) is 11.8. The Hall–Kier alpha value is -4.13. The molecule has 5 rings (SSSR count). The summed E-state index contributed by atoms with van der Waals surface area (Å²) in [7, 11) is 0. The van der Waals surface area contributed by atoms with Crippen molar-refractivity contribution in [1.29, 1.82) is 0 Å². The summed E-state index contributed by atoms with van der Waals surface area (Å²) in [6.07, 6.45) is 1.48. The molecule has 1 saturated heterocycles. The number of halogens is 2. The number of nitrogens with one attached hydrogen (secondary N) is 1. The zero-order valence-electron chi connectivity index (χ0n) is 20.5. The first-order chi connectivity index (χ1) is 18.2. The predicted molar refractivity (Wildman–Crippen MR) is 150 cm³/mol. The highest BCUT2D eigenvalue weighted by molar-refractivity contribution is 6.39. The van der Waals surface area contributed by atoms with Gasteiger partial charge in [-0.2, -0.15) is 0 Å². The van der Waals surface area contributed by atoms with Crippen LogP contribution in [0.25, 0.3) is 16.8 Å². The van der Waals surface area contributed by atoms with Crippen molar-refractivity contribution in [2.75, 3.05) is 4.90 Å². The minimum atomic E-state index is -0.794. The van der Waals surface area contributed by atoms with E-state index in [-0.39, 0.29) is 12.2 Å². The summed E-state index contributed by atoms with van der Waals surface area (Å²) in [6.45, 7) is 3.85. The van der Waals surface area contributed by atoms with Crippen molar-refractivity contribution >= 4 is 63.6 Å². The Morgan fingerprint density at radius 1 is 0.921 bits per heavy atom. The molecule has 0 bridgehead atoms. The van der Waals surface area contributed by atoms with Crippen LogP contribution in [0.1, 0.15) is 22.3 Å². The van der Waals surface area contributed by atoms with Gasteiger partial charge in [0.2, 0.25) is 0 Å². The van der Waals surface area contributed by atoms with E-state index < -0.39 is 17.8 Å². The largest absolute Gasteiger partial charge is 0.488 e. The van der Waals surface area contributed by atoms with E-state index in [1.165, 1.54) is 6.08 Å². The number of nitrogens with zero attached hydrogens (tertiary/aromatic N) is 1. The summed E-state index contributed by atoms with van der Waals surface area (Å²) >= 11 is 12.3. The van der Waals surface area contributed by atoms with Crippen LogP contribution in [0, 0.1) is 13.8 Å². The molecule has 6 nitrogen and oxygen atoms in total. The molecule has 0 radical (unpaired) electrons. The summed E-state index contributed by atoms with van der Waals surface area (Å²) < 4.78 is 6.14. The summed E-state index contributed by atoms with van der Waals surface area (Å²) in [6, 6.07) is 20.9. The van der Waals surface area contributed by atoms with Gasteiger partial charge in [0.05, 0.1) is 5.69 Å². The quantitative estimate of drug-likeness (QED) is 0.216. The number of barbiturate groups is 1. The van der Waals surface area contributed by atoms with Crippen molar-refractivity contribution < 1.29 is 19.1 Å². The van der Waals surface area contributed by atoms with Gasteiger partial charge in [-0.25, -0.2) is 9.69 Å². The van der Waals surface area contributed by atoms with Crippen molar-refractivity contribution in [3.05, 3.63) is 111 Å². The van der Waals surface area contributed by atoms with Crippen LogP contribution in [0.5, 0.6) is 5.75 Å². The van der Waals surface area contributed by atoms with Crippen LogP contribution in [-0.2, 0) is 16.2 Å². The minimum Gasteiger partial charge on any atom is -0.488 e. The van der Waals surface area contributed by atoms with E-state index >= 15 is 0 Å². The van der Waals surface area contributed by atoms with Crippen LogP contribution >= 0.6 is 23.2 Å². The lowest BCUT2D eigenvalue weighted by Crippen LogP contribution is -2.54.